The zero-order chi connectivity index (χ0) is 26.1. The Labute approximate surface area is 197 Å². The van der Waals surface area contributed by atoms with Gasteiger partial charge in [0.05, 0.1) is 0 Å². The molecule has 5 nitrogen and oxygen atoms in total. The Morgan fingerprint density at radius 1 is 0.629 bits per heavy atom. The van der Waals surface area contributed by atoms with Crippen molar-refractivity contribution in [2.75, 3.05) is 0 Å². The number of alkyl halides is 6. The highest BCUT2D eigenvalue weighted by Gasteiger charge is 2.85. The first-order valence-corrected chi connectivity index (χ1v) is 12.5. The van der Waals surface area contributed by atoms with E-state index in [4.69, 9.17) is 4.18 Å². The summed E-state index contributed by atoms with van der Waals surface area (Å²) in [5.41, 5.74) is 0. The van der Waals surface area contributed by atoms with Gasteiger partial charge in [0.2, 0.25) is 0 Å². The van der Waals surface area contributed by atoms with Crippen molar-refractivity contribution in [1.29, 1.82) is 0 Å². The Bertz CT molecular complexity index is 1170. The van der Waals surface area contributed by atoms with E-state index in [1.165, 1.54) is 91.0 Å². The average Bonchev–Trinajstić information content (AvgIpc) is 2.76. The Kier molecular flexibility index (Phi) is 6.99. The smallest absolute Gasteiger partial charge is 0.400 e. The molecule has 13 heteroatoms. The van der Waals surface area contributed by atoms with Crippen LogP contribution < -0.4 is 0 Å². The summed E-state index contributed by atoms with van der Waals surface area (Å²) in [6.45, 7) is 0. The fraction of sp³-hybridized carbons (Fsp3) is 0.136. The van der Waals surface area contributed by atoms with Crippen LogP contribution in [0.3, 0.4) is 0 Å². The van der Waals surface area contributed by atoms with Crippen LogP contribution in [0.2, 0.25) is 0 Å². The molecule has 3 rings (SSSR count). The monoisotopic (exact) mass is 538 g/mol. The van der Waals surface area contributed by atoms with Gasteiger partial charge >= 0.3 is 33.2 Å². The summed E-state index contributed by atoms with van der Waals surface area (Å²) in [7, 11) is -10.9. The van der Waals surface area contributed by atoms with E-state index >= 15 is 0 Å². The molecule has 1 N–H and O–H groups in total. The third-order valence-corrected chi connectivity index (χ3v) is 9.51. The van der Waals surface area contributed by atoms with Crippen molar-refractivity contribution >= 4 is 26.4 Å². The van der Waals surface area contributed by atoms with Gasteiger partial charge in [-0.15, -0.1) is 0 Å². The van der Waals surface area contributed by atoms with E-state index in [1.807, 2.05) is 0 Å². The molecule has 0 aliphatic carbocycles. The Morgan fingerprint density at radius 2 is 0.914 bits per heavy atom. The molecule has 0 bridgehead atoms. The predicted octanol–water partition coefficient (Wildman–Crippen LogP) is 6.18. The first-order valence-electron chi connectivity index (χ1n) is 9.52. The Hall–Kier alpha value is -3.03. The summed E-state index contributed by atoms with van der Waals surface area (Å²) < 4.78 is 115. The summed E-state index contributed by atoms with van der Waals surface area (Å²) in [6.07, 6.45) is -13.6. The fourth-order valence-electron chi connectivity index (χ4n) is 3.35. The summed E-state index contributed by atoms with van der Waals surface area (Å²) >= 11 is 0. The molecule has 0 unspecified atom stereocenters. The number of hydrogen-bond acceptors (Lipinski definition) is 4. The van der Waals surface area contributed by atoms with Gasteiger partial charge in [0.25, 0.3) is 0 Å². The van der Waals surface area contributed by atoms with E-state index in [1.54, 1.807) is 0 Å². The fourth-order valence-corrected chi connectivity index (χ4v) is 7.32. The lowest BCUT2D eigenvalue weighted by atomic mass is 10.1. The minimum Gasteiger partial charge on any atom is -0.400 e. The predicted molar refractivity (Wildman–Crippen MR) is 114 cm³/mol. The molecule has 3 aromatic rings. The van der Waals surface area contributed by atoms with Crippen LogP contribution in [0.25, 0.3) is 0 Å². The van der Waals surface area contributed by atoms with Gasteiger partial charge in [-0.3, -0.25) is 4.55 Å². The van der Waals surface area contributed by atoms with Crippen molar-refractivity contribution in [1.82, 2.24) is 0 Å². The highest BCUT2D eigenvalue weighted by atomic mass is 32.3. The lowest BCUT2D eigenvalue weighted by molar-refractivity contribution is -0.265. The van der Waals surface area contributed by atoms with Crippen LogP contribution in [-0.4, -0.2) is 36.0 Å². The number of hydrogen-bond donors (Lipinski definition) is 1. The molecule has 0 fully saturated rings. The van der Waals surface area contributed by atoms with Crippen LogP contribution in [-0.2, 0) is 19.1 Å². The van der Waals surface area contributed by atoms with Gasteiger partial charge in [0.15, 0.2) is 0 Å². The molecule has 0 atom stereocenters. The number of carbonyl (C=O) groups excluding carboxylic acids is 1. The van der Waals surface area contributed by atoms with Crippen LogP contribution in [0.1, 0.15) is 0 Å². The lowest BCUT2D eigenvalue weighted by Gasteiger charge is -2.42. The second kappa shape index (κ2) is 9.21. The first kappa shape index (κ1) is 26.6. The standard InChI is InChI=1S/C22H16F6O5S2/c23-21(24,25)20(22(26,27)28,35(30,31)32)19(29)33-34(16-10-4-1-5-11-16,17-12-6-2-7-13-17)18-14-8-3-9-15-18/h1-15H,(H,30,31,32). The third kappa shape index (κ3) is 4.39. The largest absolute Gasteiger partial charge is 0.430 e. The summed E-state index contributed by atoms with van der Waals surface area (Å²) in [6, 6.07) is 21.0. The van der Waals surface area contributed by atoms with Crippen molar-refractivity contribution in [2.24, 2.45) is 0 Å². The minimum absolute atomic E-state index is 0.000614. The van der Waals surface area contributed by atoms with Gasteiger partial charge in [-0.1, -0.05) is 54.6 Å². The molecule has 3 aromatic carbocycles. The van der Waals surface area contributed by atoms with Gasteiger partial charge in [-0.2, -0.15) is 34.8 Å². The molecule has 0 aliphatic rings. The number of halogens is 6. The molecule has 0 saturated carbocycles. The van der Waals surface area contributed by atoms with Crippen molar-refractivity contribution in [3.63, 3.8) is 0 Å². The van der Waals surface area contributed by atoms with Gasteiger partial charge < -0.3 is 4.18 Å². The van der Waals surface area contributed by atoms with Crippen molar-refractivity contribution < 1.29 is 48.3 Å². The lowest BCUT2D eigenvalue weighted by Crippen LogP contribution is -2.67. The maximum Gasteiger partial charge on any atom is 0.430 e. The molecule has 0 saturated heterocycles. The second-order valence-corrected chi connectivity index (χ2v) is 11.3. The van der Waals surface area contributed by atoms with E-state index in [-0.39, 0.29) is 14.7 Å². The quantitative estimate of drug-likeness (QED) is 0.300. The maximum atomic E-state index is 13.8. The van der Waals surface area contributed by atoms with E-state index in [9.17, 15) is 44.1 Å². The van der Waals surface area contributed by atoms with E-state index in [2.05, 4.69) is 0 Å². The zero-order valence-electron chi connectivity index (χ0n) is 17.3. The summed E-state index contributed by atoms with van der Waals surface area (Å²) in [5, 5.41) is 0. The van der Waals surface area contributed by atoms with Gasteiger partial charge in [-0.25, -0.2) is 4.79 Å². The Morgan fingerprint density at radius 3 is 1.14 bits per heavy atom. The van der Waals surface area contributed by atoms with Crippen LogP contribution in [0.5, 0.6) is 0 Å². The third-order valence-electron chi connectivity index (χ3n) is 4.90. The molecule has 0 aromatic heterocycles. The molecule has 0 amide bonds. The van der Waals surface area contributed by atoms with E-state index in [0.717, 1.165) is 0 Å². The molecule has 35 heavy (non-hydrogen) atoms. The summed E-state index contributed by atoms with van der Waals surface area (Å²) in [4.78, 5) is 13.0. The average molecular weight is 538 g/mol. The topological polar surface area (TPSA) is 80.7 Å². The maximum absolute atomic E-state index is 13.8. The second-order valence-electron chi connectivity index (χ2n) is 7.02. The molecular formula is C22H16F6O5S2. The van der Waals surface area contributed by atoms with Gasteiger partial charge in [-0.05, 0) is 46.7 Å². The number of carbonyl (C=O) groups is 1. The van der Waals surface area contributed by atoms with Gasteiger partial charge in [0, 0.05) is 14.7 Å². The normalized spacial score (nSPS) is 13.8. The minimum atomic E-state index is -7.17. The van der Waals surface area contributed by atoms with Gasteiger partial charge in [0.1, 0.15) is 0 Å². The van der Waals surface area contributed by atoms with E-state index in [0.29, 0.717) is 0 Å². The van der Waals surface area contributed by atoms with Crippen molar-refractivity contribution in [2.45, 2.75) is 31.8 Å². The highest BCUT2D eigenvalue weighted by Crippen LogP contribution is 2.70. The molecular weight excluding hydrogens is 522 g/mol. The first-order chi connectivity index (χ1) is 16.2. The van der Waals surface area contributed by atoms with E-state index < -0.39 is 43.5 Å². The highest BCUT2D eigenvalue weighted by molar-refractivity contribution is 8.30. The molecule has 0 aliphatic heterocycles. The molecule has 188 valence electrons. The SMILES string of the molecule is O=C(OS(c1ccccc1)(c1ccccc1)c1ccccc1)C(C(F)(F)F)(C(F)(F)F)S(=O)(=O)O. The number of benzene rings is 3. The van der Waals surface area contributed by atoms with Crippen LogP contribution >= 0.6 is 10.3 Å². The number of rotatable bonds is 6. The molecule has 0 heterocycles. The van der Waals surface area contributed by atoms with Crippen molar-refractivity contribution in [3.8, 4) is 0 Å². The van der Waals surface area contributed by atoms with Crippen LogP contribution in [0.15, 0.2) is 106 Å². The van der Waals surface area contributed by atoms with Crippen LogP contribution in [0.4, 0.5) is 26.3 Å². The molecule has 0 radical (unpaired) electrons. The Balaban J connectivity index is 2.43. The zero-order valence-corrected chi connectivity index (χ0v) is 19.0. The van der Waals surface area contributed by atoms with Crippen molar-refractivity contribution in [3.05, 3.63) is 91.0 Å². The summed E-state index contributed by atoms with van der Waals surface area (Å²) in [5.74, 6) is -3.23. The molecule has 0 spiro atoms. The van der Waals surface area contributed by atoms with Crippen LogP contribution in [0, 0.1) is 0 Å².